The number of nitro groups is 1. The molecule has 94 valence electrons. The summed E-state index contributed by atoms with van der Waals surface area (Å²) in [6.45, 7) is 0. The molecule has 0 fully saturated rings. The van der Waals surface area contributed by atoms with E-state index in [4.69, 9.17) is 0 Å². The minimum atomic E-state index is -0.428. The summed E-state index contributed by atoms with van der Waals surface area (Å²) >= 11 is 0. The quantitative estimate of drug-likeness (QED) is 0.469. The van der Waals surface area contributed by atoms with Gasteiger partial charge in [0.15, 0.2) is 0 Å². The van der Waals surface area contributed by atoms with Crippen LogP contribution in [0.2, 0.25) is 0 Å². The van der Waals surface area contributed by atoms with Gasteiger partial charge in [0.2, 0.25) is 0 Å². The molecule has 0 bridgehead atoms. The Morgan fingerprint density at radius 3 is 2.32 bits per heavy atom. The van der Waals surface area contributed by atoms with Crippen LogP contribution < -0.4 is 0 Å². The Labute approximate surface area is 110 Å². The van der Waals surface area contributed by atoms with Gasteiger partial charge < -0.3 is 0 Å². The van der Waals surface area contributed by atoms with Gasteiger partial charge in [-0.3, -0.25) is 15.1 Å². The van der Waals surface area contributed by atoms with Crippen molar-refractivity contribution in [3.63, 3.8) is 0 Å². The molecule has 0 radical (unpaired) electrons. The predicted molar refractivity (Wildman–Crippen MR) is 76.7 cm³/mol. The predicted octanol–water partition coefficient (Wildman–Crippen LogP) is 4.01. The molecule has 0 N–H and O–H groups in total. The van der Waals surface area contributed by atoms with E-state index in [-0.39, 0.29) is 5.69 Å². The number of rotatable bonds is 4. The molecule has 0 atom stereocenters. The van der Waals surface area contributed by atoms with E-state index >= 15 is 0 Å². The van der Waals surface area contributed by atoms with Crippen molar-refractivity contribution in [3.8, 4) is 0 Å². The van der Waals surface area contributed by atoms with Crippen molar-refractivity contribution in [2.24, 2.45) is 4.99 Å². The van der Waals surface area contributed by atoms with E-state index in [9.17, 15) is 10.1 Å². The van der Waals surface area contributed by atoms with Crippen LogP contribution in [0.4, 0.5) is 11.4 Å². The topological polar surface area (TPSA) is 55.5 Å². The normalized spacial score (nSPS) is 11.2. The molecule has 0 unspecified atom stereocenters. The number of aliphatic imine (C=N–C) groups is 1. The average Bonchev–Trinajstić information content (AvgIpc) is 2.45. The standard InChI is InChI=1S/C15H12N2O2/c18-17(19)15-10-8-14(9-11-15)16-12-4-7-13-5-2-1-3-6-13/h1-12H/b7-4-,16-12?. The summed E-state index contributed by atoms with van der Waals surface area (Å²) in [7, 11) is 0. The number of nitrogens with zero attached hydrogens (tertiary/aromatic N) is 2. The first kappa shape index (κ1) is 12.7. The Morgan fingerprint density at radius 1 is 1.00 bits per heavy atom. The van der Waals surface area contributed by atoms with Crippen molar-refractivity contribution in [2.75, 3.05) is 0 Å². The van der Waals surface area contributed by atoms with Crippen LogP contribution in [0.15, 0.2) is 65.7 Å². The molecule has 2 rings (SSSR count). The zero-order chi connectivity index (χ0) is 13.5. The van der Waals surface area contributed by atoms with E-state index in [1.165, 1.54) is 12.1 Å². The average molecular weight is 252 g/mol. The first-order valence-corrected chi connectivity index (χ1v) is 5.76. The highest BCUT2D eigenvalue weighted by atomic mass is 16.6. The largest absolute Gasteiger partial charge is 0.269 e. The Morgan fingerprint density at radius 2 is 1.68 bits per heavy atom. The van der Waals surface area contributed by atoms with E-state index in [0.29, 0.717) is 5.69 Å². The van der Waals surface area contributed by atoms with Gasteiger partial charge in [0.1, 0.15) is 0 Å². The minimum Gasteiger partial charge on any atom is -0.258 e. The van der Waals surface area contributed by atoms with Crippen LogP contribution >= 0.6 is 0 Å². The van der Waals surface area contributed by atoms with E-state index in [1.807, 2.05) is 42.5 Å². The van der Waals surface area contributed by atoms with Crippen molar-refractivity contribution in [1.82, 2.24) is 0 Å². The Balaban J connectivity index is 1.99. The molecule has 0 amide bonds. The fourth-order valence-electron chi connectivity index (χ4n) is 1.51. The SMILES string of the molecule is O=[N+]([O-])c1ccc(N=C/C=C\c2ccccc2)cc1. The smallest absolute Gasteiger partial charge is 0.258 e. The lowest BCUT2D eigenvalue weighted by molar-refractivity contribution is -0.384. The van der Waals surface area contributed by atoms with Gasteiger partial charge in [-0.05, 0) is 23.8 Å². The molecule has 0 aliphatic carbocycles. The maximum absolute atomic E-state index is 10.5. The minimum absolute atomic E-state index is 0.0683. The number of nitro benzene ring substituents is 1. The van der Waals surface area contributed by atoms with Gasteiger partial charge in [0, 0.05) is 18.3 Å². The lowest BCUT2D eigenvalue weighted by Crippen LogP contribution is -1.85. The lowest BCUT2D eigenvalue weighted by Gasteiger charge is -1.92. The van der Waals surface area contributed by atoms with Crippen molar-refractivity contribution in [3.05, 3.63) is 76.4 Å². The molecule has 0 saturated carbocycles. The second-order valence-corrected chi connectivity index (χ2v) is 3.82. The van der Waals surface area contributed by atoms with E-state index in [1.54, 1.807) is 18.3 Å². The van der Waals surface area contributed by atoms with Crippen LogP contribution in [-0.4, -0.2) is 11.1 Å². The van der Waals surface area contributed by atoms with Gasteiger partial charge in [-0.1, -0.05) is 36.4 Å². The zero-order valence-corrected chi connectivity index (χ0v) is 10.1. The Hall–Kier alpha value is -2.75. The van der Waals surface area contributed by atoms with Crippen molar-refractivity contribution in [2.45, 2.75) is 0 Å². The van der Waals surface area contributed by atoms with Gasteiger partial charge in [-0.2, -0.15) is 0 Å². The van der Waals surface area contributed by atoms with Gasteiger partial charge >= 0.3 is 0 Å². The molecule has 0 aliphatic rings. The number of hydrogen-bond donors (Lipinski definition) is 0. The Kier molecular flexibility index (Phi) is 4.18. The molecular weight excluding hydrogens is 240 g/mol. The highest BCUT2D eigenvalue weighted by Gasteiger charge is 2.02. The fraction of sp³-hybridized carbons (Fsp3) is 0. The summed E-state index contributed by atoms with van der Waals surface area (Å²) < 4.78 is 0. The second kappa shape index (κ2) is 6.26. The maximum atomic E-state index is 10.5. The molecular formula is C15H12N2O2. The molecule has 0 saturated heterocycles. The van der Waals surface area contributed by atoms with Crippen LogP contribution in [0, 0.1) is 10.1 Å². The van der Waals surface area contributed by atoms with E-state index in [0.717, 1.165) is 5.56 Å². The van der Waals surface area contributed by atoms with E-state index < -0.39 is 4.92 Å². The maximum Gasteiger partial charge on any atom is 0.269 e. The molecule has 0 heterocycles. The third-order valence-corrected chi connectivity index (χ3v) is 2.46. The molecule has 2 aromatic rings. The number of hydrogen-bond acceptors (Lipinski definition) is 3. The lowest BCUT2D eigenvalue weighted by atomic mass is 10.2. The summed E-state index contributed by atoms with van der Waals surface area (Å²) in [5.74, 6) is 0. The third kappa shape index (κ3) is 3.89. The fourth-order valence-corrected chi connectivity index (χ4v) is 1.51. The second-order valence-electron chi connectivity index (χ2n) is 3.82. The highest BCUT2D eigenvalue weighted by Crippen LogP contribution is 2.17. The molecule has 0 spiro atoms. The molecule has 0 aromatic heterocycles. The van der Waals surface area contributed by atoms with Gasteiger partial charge in [-0.25, -0.2) is 0 Å². The number of benzene rings is 2. The van der Waals surface area contributed by atoms with Crippen LogP contribution in [0.25, 0.3) is 6.08 Å². The van der Waals surface area contributed by atoms with Crippen molar-refractivity contribution in [1.29, 1.82) is 0 Å². The molecule has 4 heteroatoms. The molecule has 19 heavy (non-hydrogen) atoms. The summed E-state index contributed by atoms with van der Waals surface area (Å²) in [5.41, 5.74) is 1.85. The van der Waals surface area contributed by atoms with Crippen molar-refractivity contribution >= 4 is 23.7 Å². The van der Waals surface area contributed by atoms with Crippen LogP contribution in [0.5, 0.6) is 0 Å². The number of non-ortho nitro benzene ring substituents is 1. The van der Waals surface area contributed by atoms with Gasteiger partial charge in [0.05, 0.1) is 10.6 Å². The molecule has 4 nitrogen and oxygen atoms in total. The van der Waals surface area contributed by atoms with Crippen LogP contribution in [-0.2, 0) is 0 Å². The van der Waals surface area contributed by atoms with E-state index in [2.05, 4.69) is 4.99 Å². The van der Waals surface area contributed by atoms with Crippen LogP contribution in [0.3, 0.4) is 0 Å². The number of allylic oxidation sites excluding steroid dienone is 1. The van der Waals surface area contributed by atoms with Gasteiger partial charge in [-0.15, -0.1) is 0 Å². The first-order valence-electron chi connectivity index (χ1n) is 5.76. The zero-order valence-electron chi connectivity index (χ0n) is 10.1. The van der Waals surface area contributed by atoms with Crippen molar-refractivity contribution < 1.29 is 4.92 Å². The molecule has 2 aromatic carbocycles. The van der Waals surface area contributed by atoms with Crippen LogP contribution in [0.1, 0.15) is 5.56 Å². The summed E-state index contributed by atoms with van der Waals surface area (Å²) in [4.78, 5) is 14.2. The monoisotopic (exact) mass is 252 g/mol. The molecule has 0 aliphatic heterocycles. The Bertz CT molecular complexity index is 602. The summed E-state index contributed by atoms with van der Waals surface area (Å²) in [6.07, 6.45) is 5.43. The summed E-state index contributed by atoms with van der Waals surface area (Å²) in [6, 6.07) is 16.0. The highest BCUT2D eigenvalue weighted by molar-refractivity contribution is 5.80. The first-order chi connectivity index (χ1) is 9.25. The third-order valence-electron chi connectivity index (χ3n) is 2.46. The summed E-state index contributed by atoms with van der Waals surface area (Å²) in [5, 5.41) is 10.5. The van der Waals surface area contributed by atoms with Gasteiger partial charge in [0.25, 0.3) is 5.69 Å².